The van der Waals surface area contributed by atoms with E-state index in [4.69, 9.17) is 26.1 Å². The van der Waals surface area contributed by atoms with E-state index in [1.807, 2.05) is 18.2 Å². The number of halogens is 1. The van der Waals surface area contributed by atoms with Crippen molar-refractivity contribution in [2.24, 2.45) is 11.8 Å². The predicted octanol–water partition coefficient (Wildman–Crippen LogP) is 4.74. The Bertz CT molecular complexity index is 1110. The third-order valence-electron chi connectivity index (χ3n) is 6.45. The molecule has 0 aromatic heterocycles. The van der Waals surface area contributed by atoms with E-state index in [9.17, 15) is 14.4 Å². The number of carbonyl (C=O) groups is 3. The van der Waals surface area contributed by atoms with Crippen LogP contribution in [0.1, 0.15) is 54.1 Å². The van der Waals surface area contributed by atoms with Gasteiger partial charge in [0.25, 0.3) is 5.91 Å². The van der Waals surface area contributed by atoms with Crippen molar-refractivity contribution >= 4 is 35.1 Å². The summed E-state index contributed by atoms with van der Waals surface area (Å²) in [4.78, 5) is 49.9. The van der Waals surface area contributed by atoms with Gasteiger partial charge < -0.3 is 19.8 Å². The van der Waals surface area contributed by atoms with E-state index in [0.717, 1.165) is 11.1 Å². The van der Waals surface area contributed by atoms with Crippen LogP contribution in [0.4, 0.5) is 5.69 Å². The summed E-state index contributed by atoms with van der Waals surface area (Å²) in [5.41, 5.74) is 2.57. The highest BCUT2D eigenvalue weighted by Gasteiger charge is 2.31. The van der Waals surface area contributed by atoms with Crippen molar-refractivity contribution < 1.29 is 28.9 Å². The van der Waals surface area contributed by atoms with E-state index in [-0.39, 0.29) is 29.6 Å². The van der Waals surface area contributed by atoms with Crippen LogP contribution in [-0.2, 0) is 32.4 Å². The van der Waals surface area contributed by atoms with E-state index >= 15 is 0 Å². The second-order valence-electron chi connectivity index (χ2n) is 8.93. The van der Waals surface area contributed by atoms with Crippen LogP contribution in [0.5, 0.6) is 5.75 Å². The van der Waals surface area contributed by atoms with Crippen LogP contribution in [0.3, 0.4) is 0 Å². The molecule has 0 unspecified atom stereocenters. The van der Waals surface area contributed by atoms with Gasteiger partial charge in [-0.05, 0) is 62.4 Å². The largest absolute Gasteiger partial charge is 0.466 e. The van der Waals surface area contributed by atoms with Gasteiger partial charge in [-0.15, -0.1) is 0 Å². The topological polar surface area (TPSA) is 94.2 Å². The minimum Gasteiger partial charge on any atom is -0.466 e. The van der Waals surface area contributed by atoms with E-state index in [1.165, 1.54) is 0 Å². The molecule has 2 aromatic carbocycles. The summed E-state index contributed by atoms with van der Waals surface area (Å²) in [5.74, 6) is -0.366. The lowest BCUT2D eigenvalue weighted by Gasteiger charge is -2.27. The number of hydrogen-bond acceptors (Lipinski definition) is 6. The molecular formula is C26H29ClN2O6. The normalized spacial score (nSPS) is 18.8. The fraction of sp³-hybridized carbons (Fsp3) is 0.423. The zero-order valence-corrected chi connectivity index (χ0v) is 20.6. The summed E-state index contributed by atoms with van der Waals surface area (Å²) in [6, 6.07) is 10.5. The first-order valence-electron chi connectivity index (χ1n) is 11.8. The molecule has 0 radical (unpaired) electrons. The lowest BCUT2D eigenvalue weighted by Crippen LogP contribution is -2.31. The summed E-state index contributed by atoms with van der Waals surface area (Å²) in [6.45, 7) is 2.89. The molecule has 186 valence electrons. The Morgan fingerprint density at radius 2 is 1.83 bits per heavy atom. The highest BCUT2D eigenvalue weighted by molar-refractivity contribution is 6.31. The molecule has 9 heteroatoms. The number of fused-ring (bicyclic) bond motifs is 1. The van der Waals surface area contributed by atoms with E-state index in [1.54, 1.807) is 37.1 Å². The zero-order chi connectivity index (χ0) is 24.9. The van der Waals surface area contributed by atoms with Crippen molar-refractivity contribution in [1.82, 2.24) is 4.90 Å². The van der Waals surface area contributed by atoms with Crippen LogP contribution in [0.15, 0.2) is 36.4 Å². The number of rotatable bonds is 7. The monoisotopic (exact) mass is 500 g/mol. The van der Waals surface area contributed by atoms with Gasteiger partial charge in [0.2, 0.25) is 5.91 Å². The standard InChI is InChI=1S/C26H29ClN2O6/c1-3-33-26(32)18-8-6-17(7-9-18)24(30)28-22-11-10-20(27)13-21(22)25(31)29(2)14-16-4-5-19-15-34-35-23(19)12-16/h4-5,10-13,17-18H,3,6-9,14-15H2,1-2H3,(H,28,30)/t17-,18-. The smallest absolute Gasteiger partial charge is 0.308 e. The van der Waals surface area contributed by atoms with Crippen molar-refractivity contribution in [1.29, 1.82) is 0 Å². The van der Waals surface area contributed by atoms with Gasteiger partial charge in [-0.1, -0.05) is 23.7 Å². The number of nitrogens with zero attached hydrogens (tertiary/aromatic N) is 1. The van der Waals surface area contributed by atoms with E-state index in [2.05, 4.69) is 5.32 Å². The van der Waals surface area contributed by atoms with Gasteiger partial charge in [-0.2, -0.15) is 4.89 Å². The number of nitrogens with one attached hydrogen (secondary N) is 1. The average Bonchev–Trinajstić information content (AvgIpc) is 3.33. The second-order valence-corrected chi connectivity index (χ2v) is 9.36. The van der Waals surface area contributed by atoms with Gasteiger partial charge in [-0.3, -0.25) is 14.4 Å². The summed E-state index contributed by atoms with van der Waals surface area (Å²) < 4.78 is 5.11. The van der Waals surface area contributed by atoms with Crippen LogP contribution in [0.2, 0.25) is 5.02 Å². The molecule has 2 aromatic rings. The molecule has 1 saturated carbocycles. The second kappa shape index (κ2) is 11.1. The molecule has 0 spiro atoms. The zero-order valence-electron chi connectivity index (χ0n) is 19.8. The van der Waals surface area contributed by atoms with Gasteiger partial charge in [0.1, 0.15) is 6.61 Å². The lowest BCUT2D eigenvalue weighted by molar-refractivity contribution is -0.194. The quantitative estimate of drug-likeness (QED) is 0.435. The molecule has 1 N–H and O–H groups in total. The first-order chi connectivity index (χ1) is 16.9. The average molecular weight is 501 g/mol. The Morgan fingerprint density at radius 3 is 2.57 bits per heavy atom. The van der Waals surface area contributed by atoms with Crippen molar-refractivity contribution in [3.8, 4) is 5.75 Å². The number of esters is 1. The van der Waals surface area contributed by atoms with Crippen molar-refractivity contribution in [2.45, 2.75) is 45.8 Å². The molecule has 2 aliphatic rings. The third-order valence-corrected chi connectivity index (χ3v) is 6.68. The van der Waals surface area contributed by atoms with Gasteiger partial charge in [0.05, 0.1) is 23.8 Å². The molecule has 35 heavy (non-hydrogen) atoms. The highest BCUT2D eigenvalue weighted by atomic mass is 35.5. The Kier molecular flexibility index (Phi) is 7.93. The van der Waals surface area contributed by atoms with Gasteiger partial charge in [0, 0.05) is 30.1 Å². The first kappa shape index (κ1) is 25.0. The molecule has 0 atom stereocenters. The Labute approximate surface area is 209 Å². The number of ether oxygens (including phenoxy) is 1. The highest BCUT2D eigenvalue weighted by Crippen LogP contribution is 2.32. The fourth-order valence-corrected chi connectivity index (χ4v) is 4.66. The van der Waals surface area contributed by atoms with Crippen molar-refractivity contribution in [2.75, 3.05) is 19.0 Å². The van der Waals surface area contributed by atoms with Crippen LogP contribution in [0, 0.1) is 11.8 Å². The summed E-state index contributed by atoms with van der Waals surface area (Å²) in [6.07, 6.45) is 2.41. The first-order valence-corrected chi connectivity index (χ1v) is 12.2. The molecule has 2 amide bonds. The van der Waals surface area contributed by atoms with Crippen molar-refractivity contribution in [3.05, 3.63) is 58.1 Å². The Morgan fingerprint density at radius 1 is 1.09 bits per heavy atom. The number of amides is 2. The Balaban J connectivity index is 1.41. The summed E-state index contributed by atoms with van der Waals surface area (Å²) in [5, 5.41) is 3.31. The number of benzene rings is 2. The van der Waals surface area contributed by atoms with Crippen LogP contribution < -0.4 is 10.2 Å². The number of carbonyl (C=O) groups excluding carboxylic acids is 3. The molecule has 8 nitrogen and oxygen atoms in total. The van der Waals surface area contributed by atoms with Crippen LogP contribution >= 0.6 is 11.6 Å². The molecule has 0 bridgehead atoms. The minimum absolute atomic E-state index is 0.156. The van der Waals surface area contributed by atoms with Crippen molar-refractivity contribution in [3.63, 3.8) is 0 Å². The lowest BCUT2D eigenvalue weighted by atomic mass is 9.81. The molecule has 1 heterocycles. The van der Waals surface area contributed by atoms with E-state index < -0.39 is 0 Å². The molecule has 1 aliphatic heterocycles. The number of anilines is 1. The summed E-state index contributed by atoms with van der Waals surface area (Å²) in [7, 11) is 1.69. The maximum absolute atomic E-state index is 13.3. The molecular weight excluding hydrogens is 472 g/mol. The molecule has 1 fully saturated rings. The maximum Gasteiger partial charge on any atom is 0.308 e. The third kappa shape index (κ3) is 5.94. The van der Waals surface area contributed by atoms with Gasteiger partial charge >= 0.3 is 5.97 Å². The minimum atomic E-state index is -0.272. The number of hydrogen-bond donors (Lipinski definition) is 1. The molecule has 0 saturated heterocycles. The predicted molar refractivity (Wildman–Crippen MR) is 130 cm³/mol. The van der Waals surface area contributed by atoms with E-state index in [0.29, 0.717) is 67.5 Å². The summed E-state index contributed by atoms with van der Waals surface area (Å²) >= 11 is 6.19. The Hall–Kier alpha value is -3.10. The van der Waals surface area contributed by atoms with Gasteiger partial charge in [0.15, 0.2) is 5.75 Å². The van der Waals surface area contributed by atoms with Crippen LogP contribution in [0.25, 0.3) is 0 Å². The molecule has 1 aliphatic carbocycles. The van der Waals surface area contributed by atoms with Crippen LogP contribution in [-0.4, -0.2) is 36.3 Å². The maximum atomic E-state index is 13.3. The fourth-order valence-electron chi connectivity index (χ4n) is 4.49. The molecule has 4 rings (SSSR count). The SMILES string of the molecule is CCOC(=O)[C@H]1CC[C@H](C(=O)Nc2ccc(Cl)cc2C(=O)N(C)Cc2ccc3c(c2)OOC3)CC1. The van der Waals surface area contributed by atoms with Gasteiger partial charge in [-0.25, -0.2) is 0 Å².